The summed E-state index contributed by atoms with van der Waals surface area (Å²) in [5, 5.41) is 4.90. The van der Waals surface area contributed by atoms with E-state index in [4.69, 9.17) is 36.2 Å². The number of rotatable bonds is 12. The first-order valence-corrected chi connectivity index (χ1v) is 25.3. The molecule has 6 aromatic rings. The number of nitrogen functional groups attached to an aromatic ring is 1. The minimum Gasteiger partial charge on any atom is -0.488 e. The van der Waals surface area contributed by atoms with Gasteiger partial charge in [0.25, 0.3) is 11.6 Å². The summed E-state index contributed by atoms with van der Waals surface area (Å²) in [6, 6.07) is 21.6. The fourth-order valence-corrected chi connectivity index (χ4v) is 9.50. The van der Waals surface area contributed by atoms with E-state index in [1.54, 1.807) is 45.0 Å². The van der Waals surface area contributed by atoms with E-state index >= 15 is 0 Å². The quantitative estimate of drug-likeness (QED) is 0.0539. The lowest BCUT2D eigenvalue weighted by molar-refractivity contribution is 0.0518. The zero-order chi connectivity index (χ0) is 44.3. The molecule has 3 aromatic carbocycles. The molecule has 7 rings (SSSR count). The van der Waals surface area contributed by atoms with Gasteiger partial charge in [-0.2, -0.15) is 14.8 Å². The van der Waals surface area contributed by atoms with Crippen LogP contribution in [0, 0.1) is 6.57 Å². The molecular weight excluding hydrogens is 845 g/mol. The van der Waals surface area contributed by atoms with Gasteiger partial charge in [-0.05, 0) is 80.3 Å². The first-order chi connectivity index (χ1) is 29.5. The maximum Gasteiger partial charge on any atom is 0.435 e. The Kier molecular flexibility index (Phi) is 12.8. The van der Waals surface area contributed by atoms with E-state index < -0.39 is 25.7 Å². The summed E-state index contributed by atoms with van der Waals surface area (Å²) >= 11 is 2.75. The Hall–Kier alpha value is -6.13. The van der Waals surface area contributed by atoms with E-state index in [-0.39, 0.29) is 35.4 Å². The van der Waals surface area contributed by atoms with Crippen molar-refractivity contribution in [3.05, 3.63) is 110 Å². The standard InChI is InChI=1S/C44H48N8O7S2Si/c1-44(2,3)59-43(55)52-38(45)37(46-4)35(49-52)28-14-11-15-29(23-28)58-25-34-36(40(54)56-5)47-41(61-34)50-20-19-27-13-12-16-30(31(27)24-50)39(53)48-42-51(26-57-21-22-62(6,7)8)32-17-9-10-18-33(32)60-42/h9-18,23H,19-22,24-26,45H2,1-3,5-8H3/b48-42+. The minimum atomic E-state index is -1.28. The van der Waals surface area contributed by atoms with Crippen LogP contribution >= 0.6 is 22.7 Å². The number of thiazole rings is 2. The van der Waals surface area contributed by atoms with Gasteiger partial charge in [0.1, 0.15) is 36.2 Å². The third kappa shape index (κ3) is 9.81. The molecule has 0 atom stereocenters. The van der Waals surface area contributed by atoms with Crippen LogP contribution in [0.25, 0.3) is 26.3 Å². The number of para-hydroxylation sites is 1. The van der Waals surface area contributed by atoms with Crippen molar-refractivity contribution in [1.29, 1.82) is 0 Å². The van der Waals surface area contributed by atoms with Gasteiger partial charge in [0, 0.05) is 33.3 Å². The number of amides is 1. The number of carbonyl (C=O) groups excluding carboxylic acids is 3. The number of benzene rings is 3. The number of carbonyl (C=O) groups is 3. The number of esters is 1. The van der Waals surface area contributed by atoms with Gasteiger partial charge in [0.2, 0.25) is 0 Å². The van der Waals surface area contributed by atoms with Gasteiger partial charge >= 0.3 is 12.1 Å². The monoisotopic (exact) mass is 892 g/mol. The second kappa shape index (κ2) is 18.1. The Labute approximate surface area is 368 Å². The molecule has 0 unspecified atom stereocenters. The van der Waals surface area contributed by atoms with E-state index in [9.17, 15) is 14.4 Å². The molecule has 0 fully saturated rings. The average Bonchev–Trinajstić information content (AvgIpc) is 3.93. The van der Waals surface area contributed by atoms with Crippen molar-refractivity contribution < 1.29 is 33.3 Å². The molecular formula is C44H48N8O7S2Si. The molecule has 4 heterocycles. The van der Waals surface area contributed by atoms with Gasteiger partial charge in [-0.15, -0.1) is 0 Å². The fourth-order valence-electron chi connectivity index (χ4n) is 6.74. The summed E-state index contributed by atoms with van der Waals surface area (Å²) in [6.07, 6.45) is -0.157. The predicted molar refractivity (Wildman–Crippen MR) is 243 cm³/mol. The number of hydrogen-bond acceptors (Lipinski definition) is 13. The molecule has 1 aliphatic heterocycles. The number of aromatic nitrogens is 4. The molecule has 0 bridgehead atoms. The summed E-state index contributed by atoms with van der Waals surface area (Å²) in [6.45, 7) is 21.7. The van der Waals surface area contributed by atoms with Crippen LogP contribution in [0.4, 0.5) is 21.4 Å². The third-order valence-electron chi connectivity index (χ3n) is 9.89. The van der Waals surface area contributed by atoms with Crippen LogP contribution in [-0.4, -0.2) is 71.2 Å². The Bertz CT molecular complexity index is 2790. The number of hydrogen-bond donors (Lipinski definition) is 1. The number of anilines is 2. The second-order valence-electron chi connectivity index (χ2n) is 16.8. The van der Waals surface area contributed by atoms with Crippen LogP contribution in [0.1, 0.15) is 57.6 Å². The van der Waals surface area contributed by atoms with Crippen molar-refractivity contribution in [2.75, 3.05) is 30.9 Å². The van der Waals surface area contributed by atoms with Gasteiger partial charge in [-0.1, -0.05) is 78.7 Å². The molecule has 322 valence electrons. The number of ether oxygens (including phenoxy) is 4. The summed E-state index contributed by atoms with van der Waals surface area (Å²) in [7, 11) is 0.0127. The van der Waals surface area contributed by atoms with E-state index in [2.05, 4.69) is 34.6 Å². The van der Waals surface area contributed by atoms with Crippen molar-refractivity contribution in [2.45, 2.75) is 78.4 Å². The van der Waals surface area contributed by atoms with Crippen molar-refractivity contribution in [1.82, 2.24) is 19.3 Å². The molecule has 2 N–H and O–H groups in total. The highest BCUT2D eigenvalue weighted by atomic mass is 32.1. The topological polar surface area (TPSA) is 170 Å². The van der Waals surface area contributed by atoms with Gasteiger partial charge in [-0.25, -0.2) is 19.4 Å². The predicted octanol–water partition coefficient (Wildman–Crippen LogP) is 8.92. The Morgan fingerprint density at radius 2 is 1.81 bits per heavy atom. The average molecular weight is 893 g/mol. The highest BCUT2D eigenvalue weighted by molar-refractivity contribution is 7.16. The van der Waals surface area contributed by atoms with Crippen molar-refractivity contribution >= 4 is 75.6 Å². The first kappa shape index (κ1) is 43.9. The number of methoxy groups -OCH3 is 1. The largest absolute Gasteiger partial charge is 0.488 e. The third-order valence-corrected chi connectivity index (χ3v) is 13.7. The van der Waals surface area contributed by atoms with Gasteiger partial charge in [-0.3, -0.25) is 9.36 Å². The normalized spacial score (nSPS) is 13.2. The lowest BCUT2D eigenvalue weighted by atomic mass is 9.95. The smallest absolute Gasteiger partial charge is 0.435 e. The Balaban J connectivity index is 1.12. The van der Waals surface area contributed by atoms with Crippen molar-refractivity contribution in [2.24, 2.45) is 4.99 Å². The van der Waals surface area contributed by atoms with E-state index in [0.29, 0.717) is 64.5 Å². The van der Waals surface area contributed by atoms with Crippen LogP contribution in [0.5, 0.6) is 5.75 Å². The van der Waals surface area contributed by atoms with E-state index in [0.717, 1.165) is 32.1 Å². The molecule has 15 nitrogen and oxygen atoms in total. The zero-order valence-corrected chi connectivity index (χ0v) is 38.3. The van der Waals surface area contributed by atoms with Crippen LogP contribution in [0.2, 0.25) is 25.7 Å². The molecule has 3 aromatic heterocycles. The van der Waals surface area contributed by atoms with Crippen LogP contribution < -0.4 is 20.2 Å². The van der Waals surface area contributed by atoms with Gasteiger partial charge < -0.3 is 29.6 Å². The van der Waals surface area contributed by atoms with Crippen molar-refractivity contribution in [3.8, 4) is 17.0 Å². The Morgan fingerprint density at radius 3 is 2.55 bits per heavy atom. The van der Waals surface area contributed by atoms with E-state index in [1.165, 1.54) is 29.8 Å². The maximum absolute atomic E-state index is 14.1. The van der Waals surface area contributed by atoms with Crippen LogP contribution in [0.15, 0.2) is 71.7 Å². The molecule has 0 radical (unpaired) electrons. The van der Waals surface area contributed by atoms with Gasteiger partial charge in [0.15, 0.2) is 15.6 Å². The SMILES string of the molecule is [C-]#[N+]c1c(-c2cccc(OCc3sc(N4CCc5cccc(C(=O)/N=c6/sc7ccccc7n6COCC[Si](C)(C)C)c5C4)nc3C(=O)OC)c2)nn(C(=O)OC(C)(C)C)c1N. The van der Waals surface area contributed by atoms with Crippen molar-refractivity contribution in [3.63, 3.8) is 0 Å². The summed E-state index contributed by atoms with van der Waals surface area (Å²) in [4.78, 5) is 56.1. The lowest BCUT2D eigenvalue weighted by Gasteiger charge is -2.29. The van der Waals surface area contributed by atoms with Gasteiger partial charge in [0.05, 0.1) is 28.8 Å². The zero-order valence-electron chi connectivity index (χ0n) is 35.7. The number of nitrogens with zero attached hydrogens (tertiary/aromatic N) is 7. The fraction of sp³-hybridized carbons (Fsp3) is 0.341. The lowest BCUT2D eigenvalue weighted by Crippen LogP contribution is -2.31. The molecule has 0 spiro atoms. The number of fused-ring (bicyclic) bond motifs is 2. The first-order valence-electron chi connectivity index (χ1n) is 19.9. The molecule has 0 aliphatic carbocycles. The second-order valence-corrected chi connectivity index (χ2v) is 24.5. The molecule has 18 heteroatoms. The molecule has 1 amide bonds. The van der Waals surface area contributed by atoms with Crippen LogP contribution in [0.3, 0.4) is 0 Å². The van der Waals surface area contributed by atoms with Crippen LogP contribution in [-0.2, 0) is 40.5 Å². The minimum absolute atomic E-state index is 0.00348. The summed E-state index contributed by atoms with van der Waals surface area (Å²) < 4.78 is 26.7. The molecule has 0 saturated heterocycles. The Morgan fingerprint density at radius 1 is 1.03 bits per heavy atom. The number of nitrogens with two attached hydrogens (primary N) is 1. The maximum atomic E-state index is 14.1. The molecule has 62 heavy (non-hydrogen) atoms. The summed E-state index contributed by atoms with van der Waals surface area (Å²) in [5.74, 6) is -0.691. The molecule has 0 saturated carbocycles. The summed E-state index contributed by atoms with van der Waals surface area (Å²) in [5.41, 5.74) is 9.52. The highest BCUT2D eigenvalue weighted by Gasteiger charge is 2.29. The highest BCUT2D eigenvalue weighted by Crippen LogP contribution is 2.38. The van der Waals surface area contributed by atoms with E-state index in [1.807, 2.05) is 51.9 Å². The molecule has 1 aliphatic rings.